The van der Waals surface area contributed by atoms with Crippen LogP contribution in [0.5, 0.6) is 0 Å². The Morgan fingerprint density at radius 3 is 2.61 bits per heavy atom. The molecular formula is C17H16N6. The molecule has 1 aliphatic rings. The van der Waals surface area contributed by atoms with E-state index >= 15 is 0 Å². The molecule has 3 rings (SSSR count). The molecule has 6 heteroatoms. The highest BCUT2D eigenvalue weighted by molar-refractivity contribution is 5.49. The lowest BCUT2D eigenvalue weighted by molar-refractivity contribution is 0.571. The number of rotatable bonds is 2. The molecule has 0 bridgehead atoms. The topological polar surface area (TPSA) is 70.9 Å². The summed E-state index contributed by atoms with van der Waals surface area (Å²) in [6.45, 7) is 13.5. The fourth-order valence-corrected chi connectivity index (χ4v) is 2.59. The van der Waals surface area contributed by atoms with Crippen molar-refractivity contribution in [3.8, 4) is 6.07 Å². The third-order valence-electron chi connectivity index (χ3n) is 3.83. The summed E-state index contributed by atoms with van der Waals surface area (Å²) in [5, 5.41) is 16.7. The number of anilines is 1. The summed E-state index contributed by atoms with van der Waals surface area (Å²) in [6.07, 6.45) is 0. The van der Waals surface area contributed by atoms with E-state index in [9.17, 15) is 0 Å². The minimum atomic E-state index is -0.323. The summed E-state index contributed by atoms with van der Waals surface area (Å²) in [6, 6.07) is 9.04. The molecule has 0 aliphatic carbocycles. The second kappa shape index (κ2) is 5.58. The molecule has 1 N–H and O–H groups in total. The van der Waals surface area contributed by atoms with Gasteiger partial charge in [0.1, 0.15) is 6.04 Å². The standard InChI is InChI=1S/C17H16N6/c1-10(2)16-21-17-20-11(3)14(19-4)15(23(17)22-16)13-7-5-12(9-18)6-8-13/h5-8,10,15H,1-3H3,(H,20,21,22). The van der Waals surface area contributed by atoms with Crippen molar-refractivity contribution in [1.29, 1.82) is 5.26 Å². The van der Waals surface area contributed by atoms with Gasteiger partial charge in [-0.1, -0.05) is 26.0 Å². The van der Waals surface area contributed by atoms with E-state index in [0.717, 1.165) is 17.1 Å². The van der Waals surface area contributed by atoms with E-state index in [2.05, 4.69) is 26.3 Å². The molecule has 0 fully saturated rings. The Kier molecular flexibility index (Phi) is 3.59. The quantitative estimate of drug-likeness (QED) is 0.863. The summed E-state index contributed by atoms with van der Waals surface area (Å²) in [4.78, 5) is 8.23. The van der Waals surface area contributed by atoms with E-state index in [0.29, 0.717) is 17.2 Å². The molecule has 0 amide bonds. The van der Waals surface area contributed by atoms with E-state index in [1.54, 1.807) is 16.8 Å². The first-order valence-electron chi connectivity index (χ1n) is 7.37. The predicted octanol–water partition coefficient (Wildman–Crippen LogP) is 3.44. The molecule has 6 nitrogen and oxygen atoms in total. The van der Waals surface area contributed by atoms with Gasteiger partial charge in [0, 0.05) is 11.6 Å². The van der Waals surface area contributed by atoms with Gasteiger partial charge in [-0.25, -0.2) is 9.53 Å². The lowest BCUT2D eigenvalue weighted by Gasteiger charge is -2.25. The van der Waals surface area contributed by atoms with Crippen LogP contribution in [-0.2, 0) is 0 Å². The summed E-state index contributed by atoms with van der Waals surface area (Å²) in [5.74, 6) is 1.59. The van der Waals surface area contributed by atoms with Gasteiger partial charge in [0.15, 0.2) is 5.82 Å². The van der Waals surface area contributed by atoms with Gasteiger partial charge in [-0.05, 0) is 24.6 Å². The van der Waals surface area contributed by atoms with Gasteiger partial charge in [-0.3, -0.25) is 0 Å². The number of benzene rings is 1. The van der Waals surface area contributed by atoms with Crippen molar-refractivity contribution in [1.82, 2.24) is 14.8 Å². The van der Waals surface area contributed by atoms with Crippen molar-refractivity contribution >= 4 is 5.95 Å². The number of allylic oxidation sites excluding steroid dienone is 2. The first-order valence-corrected chi connectivity index (χ1v) is 7.37. The monoisotopic (exact) mass is 304 g/mol. The maximum Gasteiger partial charge on any atom is 0.224 e. The summed E-state index contributed by atoms with van der Waals surface area (Å²) < 4.78 is 1.76. The molecule has 23 heavy (non-hydrogen) atoms. The van der Waals surface area contributed by atoms with E-state index in [1.807, 2.05) is 32.9 Å². The highest BCUT2D eigenvalue weighted by Crippen LogP contribution is 2.36. The molecule has 2 aromatic rings. The lowest BCUT2D eigenvalue weighted by atomic mass is 10.0. The van der Waals surface area contributed by atoms with Crippen LogP contribution in [0.15, 0.2) is 35.7 Å². The maximum atomic E-state index is 8.96. The molecule has 0 saturated heterocycles. The third-order valence-corrected chi connectivity index (χ3v) is 3.83. The average Bonchev–Trinajstić information content (AvgIpc) is 2.97. The van der Waals surface area contributed by atoms with E-state index < -0.39 is 0 Å². The molecule has 0 radical (unpaired) electrons. The minimum absolute atomic E-state index is 0.202. The van der Waals surface area contributed by atoms with Gasteiger partial charge in [0.05, 0.1) is 18.2 Å². The number of nitrogens with zero attached hydrogens (tertiary/aromatic N) is 5. The van der Waals surface area contributed by atoms with Crippen LogP contribution < -0.4 is 5.32 Å². The molecule has 1 unspecified atom stereocenters. The van der Waals surface area contributed by atoms with E-state index in [1.165, 1.54) is 0 Å². The zero-order chi connectivity index (χ0) is 16.6. The highest BCUT2D eigenvalue weighted by atomic mass is 15.4. The van der Waals surface area contributed by atoms with Gasteiger partial charge < -0.3 is 5.32 Å². The Morgan fingerprint density at radius 2 is 2.04 bits per heavy atom. The Balaban J connectivity index is 2.16. The van der Waals surface area contributed by atoms with Crippen molar-refractivity contribution in [2.24, 2.45) is 0 Å². The van der Waals surface area contributed by atoms with Crippen LogP contribution in [0.4, 0.5) is 5.95 Å². The van der Waals surface area contributed by atoms with Crippen LogP contribution in [0, 0.1) is 17.9 Å². The Bertz CT molecular complexity index is 858. The Morgan fingerprint density at radius 1 is 1.35 bits per heavy atom. The largest absolute Gasteiger partial charge is 0.338 e. The molecule has 1 atom stereocenters. The fraction of sp³-hybridized carbons (Fsp3) is 0.294. The zero-order valence-electron chi connectivity index (χ0n) is 13.2. The van der Waals surface area contributed by atoms with Gasteiger partial charge >= 0.3 is 0 Å². The van der Waals surface area contributed by atoms with Crippen LogP contribution in [0.3, 0.4) is 0 Å². The number of hydrogen-bond donors (Lipinski definition) is 1. The normalized spacial score (nSPS) is 16.5. The maximum absolute atomic E-state index is 8.96. The van der Waals surface area contributed by atoms with E-state index in [4.69, 9.17) is 11.8 Å². The van der Waals surface area contributed by atoms with Crippen LogP contribution >= 0.6 is 0 Å². The van der Waals surface area contributed by atoms with Crippen LogP contribution in [0.25, 0.3) is 4.85 Å². The first kappa shape index (κ1) is 14.8. The van der Waals surface area contributed by atoms with Gasteiger partial charge in [-0.15, -0.1) is 0 Å². The van der Waals surface area contributed by atoms with Crippen LogP contribution in [0.2, 0.25) is 0 Å². The van der Waals surface area contributed by atoms with E-state index in [-0.39, 0.29) is 12.0 Å². The number of aromatic nitrogens is 3. The van der Waals surface area contributed by atoms with Crippen molar-refractivity contribution in [3.63, 3.8) is 0 Å². The molecule has 0 spiro atoms. The third kappa shape index (κ3) is 2.45. The smallest absolute Gasteiger partial charge is 0.224 e. The summed E-state index contributed by atoms with van der Waals surface area (Å²) >= 11 is 0. The van der Waals surface area contributed by atoms with Gasteiger partial charge in [0.2, 0.25) is 11.6 Å². The molecule has 2 heterocycles. The zero-order valence-corrected chi connectivity index (χ0v) is 13.2. The highest BCUT2D eigenvalue weighted by Gasteiger charge is 2.31. The van der Waals surface area contributed by atoms with Crippen molar-refractivity contribution < 1.29 is 0 Å². The van der Waals surface area contributed by atoms with Crippen molar-refractivity contribution in [3.05, 3.63) is 64.0 Å². The molecular weight excluding hydrogens is 288 g/mol. The van der Waals surface area contributed by atoms with Gasteiger partial charge in [0.25, 0.3) is 0 Å². The second-order valence-electron chi connectivity index (χ2n) is 5.78. The van der Waals surface area contributed by atoms with Gasteiger partial charge in [-0.2, -0.15) is 15.3 Å². The predicted molar refractivity (Wildman–Crippen MR) is 86.3 cm³/mol. The number of hydrogen-bond acceptors (Lipinski definition) is 4. The number of nitriles is 1. The fourth-order valence-electron chi connectivity index (χ4n) is 2.59. The van der Waals surface area contributed by atoms with Crippen molar-refractivity contribution in [2.75, 3.05) is 5.32 Å². The first-order chi connectivity index (χ1) is 11.0. The van der Waals surface area contributed by atoms with Crippen LogP contribution in [-0.4, -0.2) is 14.8 Å². The average molecular weight is 304 g/mol. The molecule has 1 aromatic carbocycles. The molecule has 114 valence electrons. The Labute approximate surface area is 134 Å². The Hall–Kier alpha value is -3.12. The minimum Gasteiger partial charge on any atom is -0.338 e. The van der Waals surface area contributed by atoms with Crippen molar-refractivity contribution in [2.45, 2.75) is 32.7 Å². The lowest BCUT2D eigenvalue weighted by Crippen LogP contribution is -2.23. The second-order valence-corrected chi connectivity index (χ2v) is 5.78. The molecule has 1 aromatic heterocycles. The number of fused-ring (bicyclic) bond motifs is 1. The van der Waals surface area contributed by atoms with Crippen LogP contribution in [0.1, 0.15) is 49.7 Å². The molecule has 0 saturated carbocycles. The summed E-state index contributed by atoms with van der Waals surface area (Å²) in [7, 11) is 0. The molecule has 1 aliphatic heterocycles. The summed E-state index contributed by atoms with van der Waals surface area (Å²) in [5.41, 5.74) is 2.87. The SMILES string of the molecule is [C-]#[N+]C1=C(C)Nc2nc(C(C)C)nn2C1c1ccc(C#N)cc1. The number of nitrogens with one attached hydrogen (secondary N) is 1.